The number of nitrogens with zero attached hydrogens (tertiary/aromatic N) is 2. The van der Waals surface area contributed by atoms with Crippen molar-refractivity contribution in [3.63, 3.8) is 0 Å². The van der Waals surface area contributed by atoms with Crippen molar-refractivity contribution in [2.45, 2.75) is 45.1 Å². The van der Waals surface area contributed by atoms with Gasteiger partial charge in [0, 0.05) is 19.2 Å². The van der Waals surface area contributed by atoms with Crippen LogP contribution in [0.3, 0.4) is 0 Å². The molecule has 0 aliphatic heterocycles. The molecule has 0 aromatic heterocycles. The van der Waals surface area contributed by atoms with E-state index in [0.29, 0.717) is 12.6 Å². The minimum atomic E-state index is 0.285. The van der Waals surface area contributed by atoms with Crippen LogP contribution in [-0.2, 0) is 4.74 Å². The standard InChI is InChI=1S/C12H25N3O2/c1-2-8-17-9-7-15(10-12(13)14-16)11-5-3-4-6-11/h11,16H,2-10H2,1H3,(H2,13,14). The minimum absolute atomic E-state index is 0.285. The van der Waals surface area contributed by atoms with E-state index < -0.39 is 0 Å². The molecule has 1 fully saturated rings. The van der Waals surface area contributed by atoms with Crippen molar-refractivity contribution in [3.05, 3.63) is 0 Å². The maximum Gasteiger partial charge on any atom is 0.153 e. The molecule has 17 heavy (non-hydrogen) atoms. The fraction of sp³-hybridized carbons (Fsp3) is 0.917. The van der Waals surface area contributed by atoms with E-state index >= 15 is 0 Å². The Bertz CT molecular complexity index is 228. The lowest BCUT2D eigenvalue weighted by atomic mass is 10.2. The van der Waals surface area contributed by atoms with Gasteiger partial charge in [-0.15, -0.1) is 0 Å². The van der Waals surface area contributed by atoms with E-state index in [1.54, 1.807) is 0 Å². The van der Waals surface area contributed by atoms with Gasteiger partial charge in [0.05, 0.1) is 13.2 Å². The van der Waals surface area contributed by atoms with E-state index in [0.717, 1.165) is 26.2 Å². The van der Waals surface area contributed by atoms with Crippen LogP contribution in [0.25, 0.3) is 0 Å². The van der Waals surface area contributed by atoms with Crippen molar-refractivity contribution in [1.29, 1.82) is 0 Å². The number of oxime groups is 1. The third kappa shape index (κ3) is 5.37. The Balaban J connectivity index is 2.35. The SMILES string of the molecule is CCCOCCN(CC(N)=NO)C1CCCC1. The number of ether oxygens (including phenoxy) is 1. The molecule has 1 rings (SSSR count). The van der Waals surface area contributed by atoms with E-state index in [-0.39, 0.29) is 5.84 Å². The van der Waals surface area contributed by atoms with Crippen LogP contribution in [0, 0.1) is 0 Å². The zero-order valence-corrected chi connectivity index (χ0v) is 10.8. The molecule has 0 saturated heterocycles. The molecule has 0 atom stereocenters. The maximum absolute atomic E-state index is 8.64. The molecule has 5 heteroatoms. The first-order valence-electron chi connectivity index (χ1n) is 6.56. The van der Waals surface area contributed by atoms with E-state index in [1.807, 2.05) is 0 Å². The van der Waals surface area contributed by atoms with Gasteiger partial charge in [-0.25, -0.2) is 0 Å². The fourth-order valence-electron chi connectivity index (χ4n) is 2.33. The highest BCUT2D eigenvalue weighted by molar-refractivity contribution is 5.81. The maximum atomic E-state index is 8.64. The minimum Gasteiger partial charge on any atom is -0.409 e. The smallest absolute Gasteiger partial charge is 0.153 e. The Hall–Kier alpha value is -0.810. The lowest BCUT2D eigenvalue weighted by molar-refractivity contribution is 0.0944. The molecule has 0 unspecified atom stereocenters. The predicted octanol–water partition coefficient (Wildman–Crippen LogP) is 1.40. The average Bonchev–Trinajstić information content (AvgIpc) is 2.86. The second-order valence-electron chi connectivity index (χ2n) is 4.61. The predicted molar refractivity (Wildman–Crippen MR) is 68.3 cm³/mol. The largest absolute Gasteiger partial charge is 0.409 e. The first kappa shape index (κ1) is 14.3. The van der Waals surface area contributed by atoms with Gasteiger partial charge in [0.1, 0.15) is 0 Å². The Morgan fingerprint density at radius 3 is 2.71 bits per heavy atom. The van der Waals surface area contributed by atoms with Crippen LogP contribution in [0.5, 0.6) is 0 Å². The summed E-state index contributed by atoms with van der Waals surface area (Å²) in [7, 11) is 0. The number of hydrogen-bond donors (Lipinski definition) is 2. The third-order valence-corrected chi connectivity index (χ3v) is 3.21. The van der Waals surface area contributed by atoms with Crippen molar-refractivity contribution in [1.82, 2.24) is 4.90 Å². The molecule has 0 aromatic rings. The topological polar surface area (TPSA) is 71.1 Å². The molecule has 5 nitrogen and oxygen atoms in total. The Labute approximate surface area is 104 Å². The van der Waals surface area contributed by atoms with Gasteiger partial charge in [0.15, 0.2) is 5.84 Å². The highest BCUT2D eigenvalue weighted by atomic mass is 16.5. The van der Waals surface area contributed by atoms with E-state index in [2.05, 4.69) is 17.0 Å². The zero-order valence-electron chi connectivity index (χ0n) is 10.8. The van der Waals surface area contributed by atoms with Crippen LogP contribution in [0.1, 0.15) is 39.0 Å². The number of amidine groups is 1. The molecule has 1 aliphatic rings. The number of rotatable bonds is 8. The van der Waals surface area contributed by atoms with Gasteiger partial charge in [-0.1, -0.05) is 24.9 Å². The van der Waals surface area contributed by atoms with E-state index in [1.165, 1.54) is 25.7 Å². The lowest BCUT2D eigenvalue weighted by Crippen LogP contribution is -2.42. The first-order valence-corrected chi connectivity index (χ1v) is 6.56. The van der Waals surface area contributed by atoms with Crippen molar-refractivity contribution in [2.75, 3.05) is 26.3 Å². The molecule has 0 radical (unpaired) electrons. The van der Waals surface area contributed by atoms with Gasteiger partial charge in [0.25, 0.3) is 0 Å². The van der Waals surface area contributed by atoms with Crippen LogP contribution in [0.15, 0.2) is 5.16 Å². The molecule has 0 bridgehead atoms. The van der Waals surface area contributed by atoms with Gasteiger partial charge >= 0.3 is 0 Å². The molecule has 0 heterocycles. The zero-order chi connectivity index (χ0) is 12.5. The Morgan fingerprint density at radius 2 is 2.12 bits per heavy atom. The monoisotopic (exact) mass is 243 g/mol. The second kappa shape index (κ2) is 8.31. The summed E-state index contributed by atoms with van der Waals surface area (Å²) in [4.78, 5) is 2.28. The fourth-order valence-corrected chi connectivity index (χ4v) is 2.33. The molecule has 1 saturated carbocycles. The van der Waals surface area contributed by atoms with Crippen LogP contribution < -0.4 is 5.73 Å². The van der Waals surface area contributed by atoms with Gasteiger partial charge in [-0.3, -0.25) is 4.90 Å². The van der Waals surface area contributed by atoms with E-state index in [4.69, 9.17) is 15.7 Å². The summed E-state index contributed by atoms with van der Waals surface area (Å²) in [5.74, 6) is 0.285. The van der Waals surface area contributed by atoms with Crippen LogP contribution in [0.2, 0.25) is 0 Å². The highest BCUT2D eigenvalue weighted by Crippen LogP contribution is 2.23. The van der Waals surface area contributed by atoms with Crippen molar-refractivity contribution in [3.8, 4) is 0 Å². The molecule has 1 aliphatic carbocycles. The molecule has 3 N–H and O–H groups in total. The van der Waals surface area contributed by atoms with Crippen molar-refractivity contribution in [2.24, 2.45) is 10.9 Å². The van der Waals surface area contributed by atoms with Crippen molar-refractivity contribution >= 4 is 5.84 Å². The molecular weight excluding hydrogens is 218 g/mol. The summed E-state index contributed by atoms with van der Waals surface area (Å²) < 4.78 is 5.50. The summed E-state index contributed by atoms with van der Waals surface area (Å²) >= 11 is 0. The van der Waals surface area contributed by atoms with Crippen LogP contribution >= 0.6 is 0 Å². The average molecular weight is 243 g/mol. The van der Waals surface area contributed by atoms with Gasteiger partial charge in [0.2, 0.25) is 0 Å². The van der Waals surface area contributed by atoms with Crippen LogP contribution in [0.4, 0.5) is 0 Å². The summed E-state index contributed by atoms with van der Waals surface area (Å²) in [6.07, 6.45) is 6.04. The second-order valence-corrected chi connectivity index (χ2v) is 4.61. The van der Waals surface area contributed by atoms with Gasteiger partial charge < -0.3 is 15.7 Å². The quantitative estimate of drug-likeness (QED) is 0.222. The summed E-state index contributed by atoms with van der Waals surface area (Å²) in [6.45, 7) is 5.04. The lowest BCUT2D eigenvalue weighted by Gasteiger charge is -2.27. The molecule has 100 valence electrons. The number of hydrogen-bond acceptors (Lipinski definition) is 4. The Morgan fingerprint density at radius 1 is 1.41 bits per heavy atom. The Kier molecular flexibility index (Phi) is 6.96. The molecule has 0 spiro atoms. The summed E-state index contributed by atoms with van der Waals surface area (Å²) in [5, 5.41) is 11.7. The third-order valence-electron chi connectivity index (χ3n) is 3.21. The highest BCUT2D eigenvalue weighted by Gasteiger charge is 2.22. The van der Waals surface area contributed by atoms with E-state index in [9.17, 15) is 0 Å². The molecule has 0 amide bonds. The molecule has 0 aromatic carbocycles. The molecular formula is C12H25N3O2. The summed E-state index contributed by atoms with van der Waals surface area (Å²) in [6, 6.07) is 0.570. The normalized spacial score (nSPS) is 18.1. The van der Waals surface area contributed by atoms with Gasteiger partial charge in [-0.2, -0.15) is 0 Å². The van der Waals surface area contributed by atoms with Crippen LogP contribution in [-0.4, -0.2) is 48.3 Å². The van der Waals surface area contributed by atoms with Crippen molar-refractivity contribution < 1.29 is 9.94 Å². The van der Waals surface area contributed by atoms with Gasteiger partial charge in [-0.05, 0) is 19.3 Å². The number of nitrogens with two attached hydrogens (primary N) is 1. The first-order chi connectivity index (χ1) is 8.27. The summed E-state index contributed by atoms with van der Waals surface area (Å²) in [5.41, 5.74) is 5.59.